The second-order valence-electron chi connectivity index (χ2n) is 9.46. The molecule has 3 aromatic rings. The van der Waals surface area contributed by atoms with Gasteiger partial charge in [-0.05, 0) is 50.7 Å². The summed E-state index contributed by atoms with van der Waals surface area (Å²) in [4.78, 5) is 39.1. The molecule has 9 nitrogen and oxygen atoms in total. The zero-order valence-electron chi connectivity index (χ0n) is 20.2. The molecule has 0 spiro atoms. The highest BCUT2D eigenvalue weighted by molar-refractivity contribution is 6.08. The van der Waals surface area contributed by atoms with Crippen LogP contribution in [-0.4, -0.2) is 71.1 Å². The lowest BCUT2D eigenvalue weighted by atomic mass is 10.0. The van der Waals surface area contributed by atoms with E-state index < -0.39 is 0 Å². The number of hydrogen-bond donors (Lipinski definition) is 2. The average molecular weight is 478 g/mol. The first kappa shape index (κ1) is 23.3. The molecule has 0 atom stereocenters. The molecule has 9 heteroatoms. The highest BCUT2D eigenvalue weighted by Crippen LogP contribution is 2.36. The highest BCUT2D eigenvalue weighted by atomic mass is 16.5. The maximum absolute atomic E-state index is 13.1. The molecule has 1 aromatic carbocycles. The number of benzene rings is 1. The number of H-pyrrole nitrogens is 1. The van der Waals surface area contributed by atoms with Gasteiger partial charge in [0.15, 0.2) is 0 Å². The summed E-state index contributed by atoms with van der Waals surface area (Å²) in [6.07, 6.45) is 7.03. The van der Waals surface area contributed by atoms with Crippen molar-refractivity contribution in [2.24, 2.45) is 5.92 Å². The van der Waals surface area contributed by atoms with E-state index in [2.05, 4.69) is 26.3 Å². The Labute approximate surface area is 204 Å². The summed E-state index contributed by atoms with van der Waals surface area (Å²) in [7, 11) is 1.52. The maximum atomic E-state index is 13.1. The monoisotopic (exact) mass is 477 g/mol. The molecule has 3 heterocycles. The van der Waals surface area contributed by atoms with Crippen molar-refractivity contribution in [1.82, 2.24) is 25.2 Å². The summed E-state index contributed by atoms with van der Waals surface area (Å²) in [5, 5.41) is 3.11. The number of amides is 2. The van der Waals surface area contributed by atoms with E-state index in [1.165, 1.54) is 26.3 Å². The number of aromatic nitrogens is 3. The van der Waals surface area contributed by atoms with Crippen LogP contribution in [0.2, 0.25) is 0 Å². The summed E-state index contributed by atoms with van der Waals surface area (Å²) in [6, 6.07) is 6.08. The molecule has 184 valence electrons. The van der Waals surface area contributed by atoms with Gasteiger partial charge in [0.2, 0.25) is 5.91 Å². The first-order valence-electron chi connectivity index (χ1n) is 12.2. The summed E-state index contributed by atoms with van der Waals surface area (Å²) in [5.74, 6) is 1.23. The van der Waals surface area contributed by atoms with Crippen LogP contribution in [0.3, 0.4) is 0 Å². The lowest BCUT2D eigenvalue weighted by Crippen LogP contribution is -2.47. The van der Waals surface area contributed by atoms with Gasteiger partial charge in [0.05, 0.1) is 17.7 Å². The van der Waals surface area contributed by atoms with E-state index in [0.29, 0.717) is 60.7 Å². The normalized spacial score (nSPS) is 16.5. The van der Waals surface area contributed by atoms with Crippen LogP contribution in [0.5, 0.6) is 5.75 Å². The Balaban J connectivity index is 1.34. The van der Waals surface area contributed by atoms with Crippen LogP contribution in [0.4, 0.5) is 0 Å². The molecule has 35 heavy (non-hydrogen) atoms. The summed E-state index contributed by atoms with van der Waals surface area (Å²) in [5.41, 5.74) is 4.47. The van der Waals surface area contributed by atoms with Crippen LogP contribution in [0, 0.1) is 12.8 Å². The molecule has 0 unspecified atom stereocenters. The van der Waals surface area contributed by atoms with Gasteiger partial charge < -0.3 is 24.7 Å². The SMILES string of the molecule is COCC(=O)N1CCC(NC(=O)c2c[nH]c3c(-c4cc(C)ccc4OCC4CC4)ncnc23)CC1. The number of methoxy groups -OCH3 is 1. The van der Waals surface area contributed by atoms with Crippen molar-refractivity contribution < 1.29 is 19.1 Å². The zero-order chi connectivity index (χ0) is 24.4. The molecule has 2 aliphatic rings. The van der Waals surface area contributed by atoms with Gasteiger partial charge in [0.25, 0.3) is 5.91 Å². The number of hydrogen-bond acceptors (Lipinski definition) is 6. The number of carbonyl (C=O) groups excluding carboxylic acids is 2. The smallest absolute Gasteiger partial charge is 0.255 e. The fourth-order valence-corrected chi connectivity index (χ4v) is 4.51. The van der Waals surface area contributed by atoms with E-state index in [0.717, 1.165) is 16.9 Å². The molecule has 2 N–H and O–H groups in total. The number of likely N-dealkylation sites (tertiary alicyclic amines) is 1. The molecule has 5 rings (SSSR count). The molecular weight excluding hydrogens is 446 g/mol. The van der Waals surface area contributed by atoms with E-state index in [1.54, 1.807) is 11.1 Å². The average Bonchev–Trinajstić information content (AvgIpc) is 3.59. The number of aromatic amines is 1. The van der Waals surface area contributed by atoms with Gasteiger partial charge in [-0.25, -0.2) is 9.97 Å². The molecule has 2 aromatic heterocycles. The Kier molecular flexibility index (Phi) is 6.68. The van der Waals surface area contributed by atoms with Crippen molar-refractivity contribution >= 4 is 22.8 Å². The minimum Gasteiger partial charge on any atom is -0.493 e. The van der Waals surface area contributed by atoms with Crippen LogP contribution in [0.25, 0.3) is 22.3 Å². The number of rotatable bonds is 8. The number of fused-ring (bicyclic) bond motifs is 1. The number of nitrogens with zero attached hydrogens (tertiary/aromatic N) is 3. The largest absolute Gasteiger partial charge is 0.493 e. The Hall–Kier alpha value is -3.46. The number of ether oxygens (including phenoxy) is 2. The molecular formula is C26H31N5O4. The van der Waals surface area contributed by atoms with Crippen LogP contribution < -0.4 is 10.1 Å². The summed E-state index contributed by atoms with van der Waals surface area (Å²) < 4.78 is 11.1. The van der Waals surface area contributed by atoms with Crippen molar-refractivity contribution in [2.45, 2.75) is 38.6 Å². The van der Waals surface area contributed by atoms with Crippen molar-refractivity contribution in [2.75, 3.05) is 33.4 Å². The lowest BCUT2D eigenvalue weighted by molar-refractivity contribution is -0.136. The predicted octanol–water partition coefficient (Wildman–Crippen LogP) is 3.09. The fourth-order valence-electron chi connectivity index (χ4n) is 4.51. The van der Waals surface area contributed by atoms with E-state index in [-0.39, 0.29) is 24.5 Å². The van der Waals surface area contributed by atoms with Crippen LogP contribution in [0.1, 0.15) is 41.6 Å². The van der Waals surface area contributed by atoms with E-state index in [1.807, 2.05) is 19.1 Å². The van der Waals surface area contributed by atoms with Gasteiger partial charge in [0.1, 0.15) is 29.9 Å². The standard InChI is InChI=1S/C26H31N5O4/c1-16-3-6-21(35-13-17-4-5-17)19(11-16)23-25-24(29-15-28-23)20(12-27-25)26(33)30-18-7-9-31(10-8-18)22(32)14-34-2/h3,6,11-12,15,17-18,27H,4-5,7-10,13-14H2,1-2H3,(H,30,33). The van der Waals surface area contributed by atoms with Crippen molar-refractivity contribution in [3.8, 4) is 17.0 Å². The van der Waals surface area contributed by atoms with Crippen molar-refractivity contribution in [3.63, 3.8) is 0 Å². The summed E-state index contributed by atoms with van der Waals surface area (Å²) in [6.45, 7) is 4.03. The summed E-state index contributed by atoms with van der Waals surface area (Å²) >= 11 is 0. The van der Waals surface area contributed by atoms with Gasteiger partial charge in [0, 0.05) is 38.0 Å². The number of piperidine rings is 1. The van der Waals surface area contributed by atoms with Crippen LogP contribution >= 0.6 is 0 Å². The third kappa shape index (κ3) is 5.14. The molecule has 1 saturated heterocycles. The van der Waals surface area contributed by atoms with Gasteiger partial charge in [-0.3, -0.25) is 9.59 Å². The van der Waals surface area contributed by atoms with Crippen molar-refractivity contribution in [1.29, 1.82) is 0 Å². The Morgan fingerprint density at radius 3 is 2.71 bits per heavy atom. The second-order valence-corrected chi connectivity index (χ2v) is 9.46. The first-order chi connectivity index (χ1) is 17.0. The van der Waals surface area contributed by atoms with E-state index >= 15 is 0 Å². The fraction of sp³-hybridized carbons (Fsp3) is 0.462. The minimum atomic E-state index is -0.183. The van der Waals surface area contributed by atoms with Gasteiger partial charge in [-0.15, -0.1) is 0 Å². The molecule has 1 saturated carbocycles. The topological polar surface area (TPSA) is 109 Å². The molecule has 1 aliphatic heterocycles. The molecule has 2 fully saturated rings. The predicted molar refractivity (Wildman–Crippen MR) is 131 cm³/mol. The highest BCUT2D eigenvalue weighted by Gasteiger charge is 2.26. The van der Waals surface area contributed by atoms with Gasteiger partial charge >= 0.3 is 0 Å². The maximum Gasteiger partial charge on any atom is 0.255 e. The molecule has 2 amide bonds. The Morgan fingerprint density at radius 1 is 1.17 bits per heavy atom. The number of carbonyl (C=O) groups is 2. The van der Waals surface area contributed by atoms with Crippen LogP contribution in [-0.2, 0) is 9.53 Å². The van der Waals surface area contributed by atoms with Gasteiger partial charge in [-0.1, -0.05) is 11.6 Å². The van der Waals surface area contributed by atoms with Gasteiger partial charge in [-0.2, -0.15) is 0 Å². The number of aryl methyl sites for hydroxylation is 1. The lowest BCUT2D eigenvalue weighted by Gasteiger charge is -2.32. The first-order valence-corrected chi connectivity index (χ1v) is 12.2. The zero-order valence-corrected chi connectivity index (χ0v) is 20.2. The molecule has 0 radical (unpaired) electrons. The molecule has 1 aliphatic carbocycles. The third-order valence-electron chi connectivity index (χ3n) is 6.72. The van der Waals surface area contributed by atoms with E-state index in [9.17, 15) is 9.59 Å². The number of nitrogens with one attached hydrogen (secondary N) is 2. The Morgan fingerprint density at radius 2 is 1.97 bits per heavy atom. The third-order valence-corrected chi connectivity index (χ3v) is 6.72. The second kappa shape index (κ2) is 10.0. The quantitative estimate of drug-likeness (QED) is 0.516. The van der Waals surface area contributed by atoms with Crippen molar-refractivity contribution in [3.05, 3.63) is 41.9 Å². The Bertz CT molecular complexity index is 1230. The van der Waals surface area contributed by atoms with Crippen LogP contribution in [0.15, 0.2) is 30.7 Å². The minimum absolute atomic E-state index is 0.000415. The van der Waals surface area contributed by atoms with E-state index in [4.69, 9.17) is 9.47 Å². The molecule has 0 bridgehead atoms.